The van der Waals surface area contributed by atoms with Crippen molar-refractivity contribution in [2.75, 3.05) is 6.54 Å². The van der Waals surface area contributed by atoms with Crippen LogP contribution in [-0.4, -0.2) is 18.5 Å². The second-order valence-corrected chi connectivity index (χ2v) is 6.30. The molecule has 1 aromatic rings. The molecule has 1 aliphatic carbocycles. The zero-order valence-corrected chi connectivity index (χ0v) is 12.6. The van der Waals surface area contributed by atoms with Crippen LogP contribution >= 0.6 is 35.3 Å². The summed E-state index contributed by atoms with van der Waals surface area (Å²) in [6.07, 6.45) is 2.36. The van der Waals surface area contributed by atoms with Crippen molar-refractivity contribution in [3.8, 4) is 0 Å². The summed E-state index contributed by atoms with van der Waals surface area (Å²) < 4.78 is 0.720. The van der Waals surface area contributed by atoms with Crippen molar-refractivity contribution in [3.63, 3.8) is 0 Å². The van der Waals surface area contributed by atoms with E-state index in [1.54, 1.807) is 0 Å². The minimum Gasteiger partial charge on any atom is -0.351 e. The summed E-state index contributed by atoms with van der Waals surface area (Å²) in [6.45, 7) is 2.42. The van der Waals surface area contributed by atoms with Gasteiger partial charge in [-0.1, -0.05) is 11.6 Å². The summed E-state index contributed by atoms with van der Waals surface area (Å²) in [5.74, 6) is 0.481. The lowest BCUT2D eigenvalue weighted by Gasteiger charge is -2.18. The average molecular weight is 309 g/mol. The predicted octanol–water partition coefficient (Wildman–Crippen LogP) is 2.78. The average Bonchev–Trinajstić information content (AvgIpc) is 3.07. The van der Waals surface area contributed by atoms with E-state index in [9.17, 15) is 4.79 Å². The number of thiophene rings is 1. The standard InChI is InChI=1S/C12H17ClN2OS.ClH/c1-7(10-4-5-11(13)17-10)12(16)15-9(6-14)8-2-3-8;/h4-5,7-9H,2-3,6,14H2,1H3,(H,15,16);1H. The third-order valence-corrected chi connectivity index (χ3v) is 4.60. The smallest absolute Gasteiger partial charge is 0.228 e. The number of nitrogens with two attached hydrogens (primary N) is 1. The van der Waals surface area contributed by atoms with Gasteiger partial charge in [0, 0.05) is 17.5 Å². The van der Waals surface area contributed by atoms with E-state index in [1.807, 2.05) is 19.1 Å². The normalized spacial score (nSPS) is 17.7. The van der Waals surface area contributed by atoms with Crippen LogP contribution in [0.1, 0.15) is 30.6 Å². The number of amides is 1. The molecular formula is C12H18Cl2N2OS. The van der Waals surface area contributed by atoms with Gasteiger partial charge in [-0.25, -0.2) is 0 Å². The first-order valence-electron chi connectivity index (χ1n) is 5.87. The molecule has 0 bridgehead atoms. The van der Waals surface area contributed by atoms with Crippen molar-refractivity contribution in [2.45, 2.75) is 31.7 Å². The van der Waals surface area contributed by atoms with Gasteiger partial charge in [-0.3, -0.25) is 4.79 Å². The monoisotopic (exact) mass is 308 g/mol. The highest BCUT2D eigenvalue weighted by molar-refractivity contribution is 7.16. The summed E-state index contributed by atoms with van der Waals surface area (Å²) in [6, 6.07) is 3.87. The lowest BCUT2D eigenvalue weighted by atomic mass is 10.1. The summed E-state index contributed by atoms with van der Waals surface area (Å²) >= 11 is 7.33. The van der Waals surface area contributed by atoms with E-state index in [0.717, 1.165) is 9.21 Å². The van der Waals surface area contributed by atoms with Gasteiger partial charge >= 0.3 is 0 Å². The molecule has 0 radical (unpaired) electrons. The van der Waals surface area contributed by atoms with Gasteiger partial charge in [0.15, 0.2) is 0 Å². The zero-order valence-electron chi connectivity index (χ0n) is 10.2. The minimum absolute atomic E-state index is 0. The van der Waals surface area contributed by atoms with Crippen molar-refractivity contribution in [1.29, 1.82) is 0 Å². The maximum atomic E-state index is 12.1. The molecule has 1 amide bonds. The van der Waals surface area contributed by atoms with Gasteiger partial charge in [-0.15, -0.1) is 23.7 Å². The molecule has 2 atom stereocenters. The Morgan fingerprint density at radius 3 is 2.72 bits per heavy atom. The molecule has 2 rings (SSSR count). The molecule has 3 nitrogen and oxygen atoms in total. The molecule has 0 aromatic carbocycles. The van der Waals surface area contributed by atoms with Crippen molar-refractivity contribution >= 4 is 41.3 Å². The molecule has 3 N–H and O–H groups in total. The molecule has 1 saturated carbocycles. The Hall–Kier alpha value is -0.290. The molecule has 2 unspecified atom stereocenters. The Morgan fingerprint density at radius 2 is 2.28 bits per heavy atom. The van der Waals surface area contributed by atoms with Crippen LogP contribution in [-0.2, 0) is 4.79 Å². The third kappa shape index (κ3) is 3.85. The molecule has 1 fully saturated rings. The predicted molar refractivity (Wildman–Crippen MR) is 78.7 cm³/mol. The molecule has 1 heterocycles. The van der Waals surface area contributed by atoms with Crippen molar-refractivity contribution in [3.05, 3.63) is 21.3 Å². The van der Waals surface area contributed by atoms with E-state index in [1.165, 1.54) is 24.2 Å². The van der Waals surface area contributed by atoms with Gasteiger partial charge in [-0.2, -0.15) is 0 Å². The van der Waals surface area contributed by atoms with Crippen LogP contribution in [0.5, 0.6) is 0 Å². The van der Waals surface area contributed by atoms with Crippen LogP contribution in [0, 0.1) is 5.92 Å². The molecule has 0 saturated heterocycles. The van der Waals surface area contributed by atoms with Gasteiger partial charge in [-0.05, 0) is 37.8 Å². The largest absolute Gasteiger partial charge is 0.351 e. The van der Waals surface area contributed by atoms with Crippen LogP contribution in [0.2, 0.25) is 4.34 Å². The quantitative estimate of drug-likeness (QED) is 0.879. The molecule has 1 aliphatic rings. The van der Waals surface area contributed by atoms with E-state index >= 15 is 0 Å². The number of halogens is 2. The first-order valence-corrected chi connectivity index (χ1v) is 7.07. The lowest BCUT2D eigenvalue weighted by molar-refractivity contribution is -0.122. The fraction of sp³-hybridized carbons (Fsp3) is 0.583. The number of hydrogen-bond donors (Lipinski definition) is 2. The van der Waals surface area contributed by atoms with Crippen LogP contribution in [0.4, 0.5) is 0 Å². The number of nitrogens with one attached hydrogen (secondary N) is 1. The number of carbonyl (C=O) groups excluding carboxylic acids is 1. The van der Waals surface area contributed by atoms with Gasteiger partial charge in [0.2, 0.25) is 5.91 Å². The maximum Gasteiger partial charge on any atom is 0.228 e. The molecular weight excluding hydrogens is 291 g/mol. The van der Waals surface area contributed by atoms with Crippen molar-refractivity contribution in [2.24, 2.45) is 11.7 Å². The minimum atomic E-state index is -0.153. The van der Waals surface area contributed by atoms with Crippen LogP contribution < -0.4 is 11.1 Å². The molecule has 0 aliphatic heterocycles. The Kier molecular flexibility index (Phi) is 5.92. The van der Waals surface area contributed by atoms with Gasteiger partial charge in [0.25, 0.3) is 0 Å². The summed E-state index contributed by atoms with van der Waals surface area (Å²) in [5, 5.41) is 3.04. The second kappa shape index (κ2) is 6.75. The van der Waals surface area contributed by atoms with E-state index < -0.39 is 0 Å². The second-order valence-electron chi connectivity index (χ2n) is 4.55. The summed E-state index contributed by atoms with van der Waals surface area (Å²) in [5.41, 5.74) is 5.67. The molecule has 6 heteroatoms. The number of carbonyl (C=O) groups is 1. The zero-order chi connectivity index (χ0) is 12.4. The molecule has 0 spiro atoms. The summed E-state index contributed by atoms with van der Waals surface area (Å²) in [4.78, 5) is 13.1. The first kappa shape index (κ1) is 15.8. The van der Waals surface area contributed by atoms with Crippen molar-refractivity contribution in [1.82, 2.24) is 5.32 Å². The van der Waals surface area contributed by atoms with Gasteiger partial charge < -0.3 is 11.1 Å². The number of hydrogen-bond acceptors (Lipinski definition) is 3. The van der Waals surface area contributed by atoms with E-state index in [-0.39, 0.29) is 30.3 Å². The topological polar surface area (TPSA) is 55.1 Å². The van der Waals surface area contributed by atoms with Crippen LogP contribution in [0.15, 0.2) is 12.1 Å². The highest BCUT2D eigenvalue weighted by Gasteiger charge is 2.32. The highest BCUT2D eigenvalue weighted by Crippen LogP contribution is 2.33. The highest BCUT2D eigenvalue weighted by atomic mass is 35.5. The maximum absolute atomic E-state index is 12.1. The lowest BCUT2D eigenvalue weighted by Crippen LogP contribution is -2.43. The van der Waals surface area contributed by atoms with E-state index in [2.05, 4.69) is 5.32 Å². The Labute approximate surface area is 122 Å². The van der Waals surface area contributed by atoms with E-state index in [4.69, 9.17) is 17.3 Å². The van der Waals surface area contributed by atoms with Crippen LogP contribution in [0.25, 0.3) is 0 Å². The Bertz CT molecular complexity index is 407. The number of rotatable bonds is 5. The molecule has 1 aromatic heterocycles. The Balaban J connectivity index is 0.00000162. The Morgan fingerprint density at radius 1 is 1.61 bits per heavy atom. The fourth-order valence-electron chi connectivity index (χ4n) is 1.87. The van der Waals surface area contributed by atoms with Crippen LogP contribution in [0.3, 0.4) is 0 Å². The molecule has 102 valence electrons. The third-order valence-electron chi connectivity index (χ3n) is 3.19. The van der Waals surface area contributed by atoms with Gasteiger partial charge in [0.1, 0.15) is 0 Å². The van der Waals surface area contributed by atoms with Crippen molar-refractivity contribution < 1.29 is 4.79 Å². The van der Waals surface area contributed by atoms with Gasteiger partial charge in [0.05, 0.1) is 10.3 Å². The first-order chi connectivity index (χ1) is 8.11. The molecule has 18 heavy (non-hydrogen) atoms. The SMILES string of the molecule is CC(C(=O)NC(CN)C1CC1)c1ccc(Cl)s1.Cl. The summed E-state index contributed by atoms with van der Waals surface area (Å²) in [7, 11) is 0. The fourth-order valence-corrected chi connectivity index (χ4v) is 2.98. The van der Waals surface area contributed by atoms with E-state index in [0.29, 0.717) is 12.5 Å².